The van der Waals surface area contributed by atoms with Crippen LogP contribution in [0, 0.1) is 0 Å². The fraction of sp³-hybridized carbons (Fsp3) is 0.462. The van der Waals surface area contributed by atoms with E-state index >= 15 is 0 Å². The van der Waals surface area contributed by atoms with Crippen LogP contribution in [0.3, 0.4) is 0 Å². The second kappa shape index (κ2) is 7.47. The summed E-state index contributed by atoms with van der Waals surface area (Å²) in [6.07, 6.45) is 0.641. The SMILES string of the molecule is CN(C)CCSCCC(=O)c1ccccc1. The Hall–Kier alpha value is -0.800. The minimum Gasteiger partial charge on any atom is -0.309 e. The van der Waals surface area contributed by atoms with Crippen LogP contribution in [0.5, 0.6) is 0 Å². The van der Waals surface area contributed by atoms with Crippen LogP contribution in [0.15, 0.2) is 30.3 Å². The lowest BCUT2D eigenvalue weighted by atomic mass is 10.1. The third-order valence-corrected chi connectivity index (χ3v) is 3.22. The summed E-state index contributed by atoms with van der Waals surface area (Å²) >= 11 is 1.84. The van der Waals surface area contributed by atoms with Crippen LogP contribution < -0.4 is 0 Å². The number of carbonyl (C=O) groups is 1. The van der Waals surface area contributed by atoms with Crippen molar-refractivity contribution < 1.29 is 4.79 Å². The molecule has 0 amide bonds. The molecule has 0 aliphatic heterocycles. The zero-order valence-electron chi connectivity index (χ0n) is 9.98. The Bertz CT molecular complexity index is 311. The number of Topliss-reactive ketones (excluding diaryl/α,β-unsaturated/α-hetero) is 1. The molecule has 1 aromatic carbocycles. The number of benzene rings is 1. The molecule has 0 saturated heterocycles. The molecule has 0 spiro atoms. The van der Waals surface area contributed by atoms with Crippen molar-refractivity contribution in [2.45, 2.75) is 6.42 Å². The zero-order chi connectivity index (χ0) is 11.8. The van der Waals surface area contributed by atoms with Gasteiger partial charge in [-0.3, -0.25) is 4.79 Å². The molecular weight excluding hydrogens is 218 g/mol. The maximum Gasteiger partial charge on any atom is 0.163 e. The monoisotopic (exact) mass is 237 g/mol. The van der Waals surface area contributed by atoms with E-state index in [0.717, 1.165) is 23.6 Å². The van der Waals surface area contributed by atoms with Crippen molar-refractivity contribution in [2.75, 3.05) is 32.1 Å². The molecular formula is C13H19NOS. The van der Waals surface area contributed by atoms with E-state index < -0.39 is 0 Å². The summed E-state index contributed by atoms with van der Waals surface area (Å²) in [6.45, 7) is 1.07. The molecule has 0 aliphatic carbocycles. The number of carbonyl (C=O) groups excluding carboxylic acids is 1. The van der Waals surface area contributed by atoms with Crippen LogP contribution in [0.1, 0.15) is 16.8 Å². The number of ketones is 1. The van der Waals surface area contributed by atoms with Crippen molar-refractivity contribution in [3.63, 3.8) is 0 Å². The summed E-state index contributed by atoms with van der Waals surface area (Å²) in [5.41, 5.74) is 0.829. The maximum absolute atomic E-state index is 11.7. The molecule has 0 saturated carbocycles. The molecule has 0 aromatic heterocycles. The van der Waals surface area contributed by atoms with E-state index in [1.165, 1.54) is 0 Å². The van der Waals surface area contributed by atoms with Gasteiger partial charge in [-0.05, 0) is 14.1 Å². The van der Waals surface area contributed by atoms with Crippen LogP contribution >= 0.6 is 11.8 Å². The third kappa shape index (κ3) is 5.33. The number of nitrogens with zero attached hydrogens (tertiary/aromatic N) is 1. The van der Waals surface area contributed by atoms with Gasteiger partial charge in [-0.1, -0.05) is 30.3 Å². The molecule has 88 valence electrons. The van der Waals surface area contributed by atoms with E-state index in [2.05, 4.69) is 19.0 Å². The highest BCUT2D eigenvalue weighted by Gasteiger charge is 2.04. The average molecular weight is 237 g/mol. The first-order chi connectivity index (χ1) is 7.70. The lowest BCUT2D eigenvalue weighted by molar-refractivity contribution is 0.0989. The largest absolute Gasteiger partial charge is 0.309 e. The molecule has 0 atom stereocenters. The Balaban J connectivity index is 2.16. The molecule has 0 N–H and O–H groups in total. The lowest BCUT2D eigenvalue weighted by Gasteiger charge is -2.08. The van der Waals surface area contributed by atoms with Gasteiger partial charge in [-0.2, -0.15) is 11.8 Å². The van der Waals surface area contributed by atoms with Gasteiger partial charge in [0, 0.05) is 30.0 Å². The van der Waals surface area contributed by atoms with Crippen molar-refractivity contribution in [3.8, 4) is 0 Å². The van der Waals surface area contributed by atoms with E-state index in [4.69, 9.17) is 0 Å². The van der Waals surface area contributed by atoms with Crippen LogP contribution in [-0.4, -0.2) is 42.8 Å². The summed E-state index contributed by atoms with van der Waals surface area (Å²) in [6, 6.07) is 9.51. The molecule has 2 nitrogen and oxygen atoms in total. The Kier molecular flexibility index (Phi) is 6.19. The Morgan fingerprint density at radius 2 is 1.88 bits per heavy atom. The molecule has 0 heterocycles. The van der Waals surface area contributed by atoms with Crippen LogP contribution in [0.25, 0.3) is 0 Å². The van der Waals surface area contributed by atoms with E-state index in [1.807, 2.05) is 42.1 Å². The van der Waals surface area contributed by atoms with Crippen molar-refractivity contribution in [1.82, 2.24) is 4.90 Å². The molecule has 0 aliphatic rings. The first kappa shape index (κ1) is 13.3. The van der Waals surface area contributed by atoms with E-state index in [9.17, 15) is 4.79 Å². The molecule has 0 fully saturated rings. The van der Waals surface area contributed by atoms with Gasteiger partial charge in [0.05, 0.1) is 0 Å². The summed E-state index contributed by atoms with van der Waals surface area (Å²) < 4.78 is 0. The maximum atomic E-state index is 11.7. The summed E-state index contributed by atoms with van der Waals surface area (Å²) in [5.74, 6) is 2.26. The minimum atomic E-state index is 0.248. The van der Waals surface area contributed by atoms with Crippen LogP contribution in [0.2, 0.25) is 0 Å². The second-order valence-corrected chi connectivity index (χ2v) is 5.18. The van der Waals surface area contributed by atoms with Gasteiger partial charge < -0.3 is 4.90 Å². The Labute approximate surface area is 102 Å². The van der Waals surface area contributed by atoms with Crippen molar-refractivity contribution in [1.29, 1.82) is 0 Å². The van der Waals surface area contributed by atoms with Crippen molar-refractivity contribution >= 4 is 17.5 Å². The summed E-state index contributed by atoms with van der Waals surface area (Å²) in [7, 11) is 4.13. The number of rotatable bonds is 7. The van der Waals surface area contributed by atoms with E-state index in [0.29, 0.717) is 6.42 Å². The lowest BCUT2D eigenvalue weighted by Crippen LogP contribution is -2.15. The minimum absolute atomic E-state index is 0.248. The van der Waals surface area contributed by atoms with Crippen LogP contribution in [-0.2, 0) is 0 Å². The van der Waals surface area contributed by atoms with Crippen molar-refractivity contribution in [2.24, 2.45) is 0 Å². The third-order valence-electron chi connectivity index (χ3n) is 2.25. The molecule has 0 bridgehead atoms. The smallest absolute Gasteiger partial charge is 0.163 e. The highest BCUT2D eigenvalue weighted by Crippen LogP contribution is 2.08. The number of hydrogen-bond acceptors (Lipinski definition) is 3. The molecule has 1 rings (SSSR count). The Morgan fingerprint density at radius 1 is 1.19 bits per heavy atom. The van der Waals surface area contributed by atoms with E-state index in [1.54, 1.807) is 0 Å². The Morgan fingerprint density at radius 3 is 2.50 bits per heavy atom. The second-order valence-electron chi connectivity index (χ2n) is 3.95. The van der Waals surface area contributed by atoms with Gasteiger partial charge in [-0.25, -0.2) is 0 Å². The van der Waals surface area contributed by atoms with Gasteiger partial charge in [0.15, 0.2) is 5.78 Å². The predicted octanol–water partition coefficient (Wildman–Crippen LogP) is 2.55. The quantitative estimate of drug-likeness (QED) is 0.537. The first-order valence-electron chi connectivity index (χ1n) is 5.51. The highest BCUT2D eigenvalue weighted by molar-refractivity contribution is 7.99. The fourth-order valence-corrected chi connectivity index (χ4v) is 2.31. The number of hydrogen-bond donors (Lipinski definition) is 0. The normalized spacial score (nSPS) is 10.7. The average Bonchev–Trinajstić information content (AvgIpc) is 2.29. The van der Waals surface area contributed by atoms with Gasteiger partial charge in [0.1, 0.15) is 0 Å². The molecule has 3 heteroatoms. The van der Waals surface area contributed by atoms with Gasteiger partial charge in [-0.15, -0.1) is 0 Å². The van der Waals surface area contributed by atoms with Gasteiger partial charge in [0.2, 0.25) is 0 Å². The topological polar surface area (TPSA) is 20.3 Å². The summed E-state index contributed by atoms with van der Waals surface area (Å²) in [5, 5.41) is 0. The molecule has 16 heavy (non-hydrogen) atoms. The molecule has 0 radical (unpaired) electrons. The fourth-order valence-electron chi connectivity index (χ4n) is 1.28. The highest BCUT2D eigenvalue weighted by atomic mass is 32.2. The predicted molar refractivity (Wildman–Crippen MR) is 71.3 cm³/mol. The molecule has 1 aromatic rings. The summed E-state index contributed by atoms with van der Waals surface area (Å²) in [4.78, 5) is 13.9. The van der Waals surface area contributed by atoms with Gasteiger partial charge in [0.25, 0.3) is 0 Å². The molecule has 0 unspecified atom stereocenters. The number of thioether (sulfide) groups is 1. The first-order valence-corrected chi connectivity index (χ1v) is 6.66. The standard InChI is InChI=1S/C13H19NOS/c1-14(2)9-11-16-10-8-13(15)12-6-4-3-5-7-12/h3-7H,8-11H2,1-2H3. The van der Waals surface area contributed by atoms with E-state index in [-0.39, 0.29) is 5.78 Å². The van der Waals surface area contributed by atoms with Crippen molar-refractivity contribution in [3.05, 3.63) is 35.9 Å². The van der Waals surface area contributed by atoms with Gasteiger partial charge >= 0.3 is 0 Å². The van der Waals surface area contributed by atoms with Crippen LogP contribution in [0.4, 0.5) is 0 Å². The zero-order valence-corrected chi connectivity index (χ0v) is 10.8.